The van der Waals surface area contributed by atoms with Crippen LogP contribution in [0.5, 0.6) is 5.88 Å². The third-order valence-corrected chi connectivity index (χ3v) is 2.37. The van der Waals surface area contributed by atoms with E-state index in [1.807, 2.05) is 12.3 Å². The number of ether oxygens (including phenoxy) is 1. The Hall–Kier alpha value is -1.95. The molecule has 0 unspecified atom stereocenters. The minimum absolute atomic E-state index is 0.587. The van der Waals surface area contributed by atoms with E-state index >= 15 is 0 Å². The predicted molar refractivity (Wildman–Crippen MR) is 63.5 cm³/mol. The van der Waals surface area contributed by atoms with E-state index in [1.54, 1.807) is 24.1 Å². The minimum Gasteiger partial charge on any atom is -0.481 e. The number of rotatable bonds is 5. The lowest BCUT2D eigenvalue weighted by atomic mass is 10.2. The average Bonchev–Trinajstić information content (AvgIpc) is 2.85. The van der Waals surface area contributed by atoms with Crippen LogP contribution in [0, 0.1) is 0 Å². The first-order valence-corrected chi connectivity index (χ1v) is 5.44. The van der Waals surface area contributed by atoms with Crippen molar-refractivity contribution in [2.24, 2.45) is 5.73 Å². The van der Waals surface area contributed by atoms with Crippen molar-refractivity contribution >= 4 is 0 Å². The van der Waals surface area contributed by atoms with Gasteiger partial charge >= 0.3 is 0 Å². The van der Waals surface area contributed by atoms with Crippen LogP contribution in [0.15, 0.2) is 24.5 Å². The lowest BCUT2D eigenvalue weighted by molar-refractivity contribution is 0.398. The molecular formula is C11H15N5O. The summed E-state index contributed by atoms with van der Waals surface area (Å²) in [5.74, 6) is 0.587. The van der Waals surface area contributed by atoms with Gasteiger partial charge < -0.3 is 10.5 Å². The fourth-order valence-corrected chi connectivity index (χ4v) is 1.45. The molecule has 2 aromatic rings. The first kappa shape index (κ1) is 11.5. The lowest BCUT2D eigenvalue weighted by Crippen LogP contribution is -2.06. The molecule has 0 spiro atoms. The third-order valence-electron chi connectivity index (χ3n) is 2.37. The summed E-state index contributed by atoms with van der Waals surface area (Å²) in [5, 5.41) is 8.11. The maximum absolute atomic E-state index is 5.44. The van der Waals surface area contributed by atoms with Crippen LogP contribution in [-0.4, -0.2) is 33.6 Å². The van der Waals surface area contributed by atoms with Gasteiger partial charge in [-0.3, -0.25) is 4.68 Å². The molecule has 17 heavy (non-hydrogen) atoms. The van der Waals surface area contributed by atoms with Gasteiger partial charge in [0.15, 0.2) is 0 Å². The maximum Gasteiger partial charge on any atom is 0.212 e. The van der Waals surface area contributed by atoms with Crippen molar-refractivity contribution in [2.45, 2.75) is 13.0 Å². The van der Waals surface area contributed by atoms with Crippen LogP contribution in [0.25, 0.3) is 11.3 Å². The summed E-state index contributed by atoms with van der Waals surface area (Å²) in [5.41, 5.74) is 7.16. The second kappa shape index (κ2) is 5.40. The molecule has 0 radical (unpaired) electrons. The molecule has 0 aliphatic rings. The number of nitrogens with zero attached hydrogens (tertiary/aromatic N) is 4. The zero-order valence-electron chi connectivity index (χ0n) is 9.71. The van der Waals surface area contributed by atoms with E-state index in [4.69, 9.17) is 10.5 Å². The molecule has 0 fully saturated rings. The smallest absolute Gasteiger partial charge is 0.212 e. The molecule has 6 heteroatoms. The topological polar surface area (TPSA) is 78.9 Å². The fraction of sp³-hybridized carbons (Fsp3) is 0.364. The van der Waals surface area contributed by atoms with Crippen molar-refractivity contribution in [3.63, 3.8) is 0 Å². The molecule has 0 aliphatic heterocycles. The van der Waals surface area contributed by atoms with Crippen LogP contribution in [0.3, 0.4) is 0 Å². The van der Waals surface area contributed by atoms with Crippen LogP contribution >= 0.6 is 0 Å². The molecule has 0 atom stereocenters. The molecule has 2 aromatic heterocycles. The fourth-order valence-electron chi connectivity index (χ4n) is 1.45. The first-order valence-electron chi connectivity index (χ1n) is 5.44. The quantitative estimate of drug-likeness (QED) is 0.822. The zero-order valence-corrected chi connectivity index (χ0v) is 9.71. The van der Waals surface area contributed by atoms with E-state index in [2.05, 4.69) is 15.3 Å². The van der Waals surface area contributed by atoms with Gasteiger partial charge in [-0.15, -0.1) is 5.10 Å². The number of pyridine rings is 1. The van der Waals surface area contributed by atoms with E-state index in [0.29, 0.717) is 12.4 Å². The van der Waals surface area contributed by atoms with Crippen LogP contribution in [-0.2, 0) is 6.54 Å². The van der Waals surface area contributed by atoms with Gasteiger partial charge in [0.1, 0.15) is 5.69 Å². The largest absolute Gasteiger partial charge is 0.481 e. The molecule has 0 aliphatic carbocycles. The third kappa shape index (κ3) is 2.79. The van der Waals surface area contributed by atoms with E-state index in [0.717, 1.165) is 24.2 Å². The van der Waals surface area contributed by atoms with Crippen molar-refractivity contribution < 1.29 is 4.74 Å². The van der Waals surface area contributed by atoms with Crippen molar-refractivity contribution in [1.29, 1.82) is 0 Å². The van der Waals surface area contributed by atoms with E-state index in [-0.39, 0.29) is 0 Å². The summed E-state index contributed by atoms with van der Waals surface area (Å²) < 4.78 is 6.78. The Morgan fingerprint density at radius 3 is 2.94 bits per heavy atom. The van der Waals surface area contributed by atoms with E-state index in [1.165, 1.54) is 0 Å². The minimum atomic E-state index is 0.587. The Morgan fingerprint density at radius 1 is 1.41 bits per heavy atom. The van der Waals surface area contributed by atoms with Crippen LogP contribution in [0.1, 0.15) is 6.42 Å². The van der Waals surface area contributed by atoms with E-state index < -0.39 is 0 Å². The number of methoxy groups -OCH3 is 1. The number of hydrogen-bond donors (Lipinski definition) is 1. The molecular weight excluding hydrogens is 218 g/mol. The monoisotopic (exact) mass is 233 g/mol. The summed E-state index contributed by atoms with van der Waals surface area (Å²) in [7, 11) is 1.59. The Morgan fingerprint density at radius 2 is 2.29 bits per heavy atom. The summed E-state index contributed by atoms with van der Waals surface area (Å²) in [4.78, 5) is 4.13. The van der Waals surface area contributed by atoms with Crippen LogP contribution < -0.4 is 10.5 Å². The van der Waals surface area contributed by atoms with Crippen molar-refractivity contribution in [1.82, 2.24) is 20.0 Å². The Bertz CT molecular complexity index is 465. The van der Waals surface area contributed by atoms with Gasteiger partial charge in [-0.25, -0.2) is 4.98 Å². The highest BCUT2D eigenvalue weighted by Crippen LogP contribution is 2.17. The van der Waals surface area contributed by atoms with Gasteiger partial charge in [0.05, 0.1) is 13.3 Å². The number of aryl methyl sites for hydroxylation is 1. The number of hydrogen-bond acceptors (Lipinski definition) is 5. The average molecular weight is 233 g/mol. The molecule has 0 saturated heterocycles. The lowest BCUT2D eigenvalue weighted by Gasteiger charge is -1.99. The van der Waals surface area contributed by atoms with Crippen molar-refractivity contribution in [2.75, 3.05) is 13.7 Å². The molecule has 0 bridgehead atoms. The molecule has 0 amide bonds. The highest BCUT2D eigenvalue weighted by Gasteiger charge is 2.04. The summed E-state index contributed by atoms with van der Waals surface area (Å²) in [6.07, 6.45) is 4.50. The molecule has 90 valence electrons. The highest BCUT2D eigenvalue weighted by atomic mass is 16.5. The number of nitrogens with two attached hydrogens (primary N) is 1. The predicted octanol–water partition coefficient (Wildman–Crippen LogP) is 0.697. The van der Waals surface area contributed by atoms with E-state index in [9.17, 15) is 0 Å². The van der Waals surface area contributed by atoms with Gasteiger partial charge in [0.2, 0.25) is 5.88 Å². The van der Waals surface area contributed by atoms with Gasteiger partial charge in [0, 0.05) is 24.4 Å². The molecule has 6 nitrogen and oxygen atoms in total. The summed E-state index contributed by atoms with van der Waals surface area (Å²) in [6.45, 7) is 1.44. The first-order chi connectivity index (χ1) is 8.33. The standard InChI is InChI=1S/C11H15N5O/c1-17-11-4-3-9(7-13-11)10-8-16(15-14-10)6-2-5-12/h3-4,7-8H,2,5-6,12H2,1H3. The van der Waals surface area contributed by atoms with Crippen molar-refractivity contribution in [3.05, 3.63) is 24.5 Å². The van der Waals surface area contributed by atoms with Crippen LogP contribution in [0.4, 0.5) is 0 Å². The van der Waals surface area contributed by atoms with Crippen LogP contribution in [0.2, 0.25) is 0 Å². The summed E-state index contributed by atoms with van der Waals surface area (Å²) >= 11 is 0. The molecule has 0 aromatic carbocycles. The normalized spacial score (nSPS) is 10.5. The second-order valence-corrected chi connectivity index (χ2v) is 3.60. The van der Waals surface area contributed by atoms with Crippen molar-refractivity contribution in [3.8, 4) is 17.1 Å². The van der Waals surface area contributed by atoms with Gasteiger partial charge in [-0.2, -0.15) is 0 Å². The Kier molecular flexibility index (Phi) is 3.66. The Labute approximate surface area is 99.4 Å². The second-order valence-electron chi connectivity index (χ2n) is 3.60. The van der Waals surface area contributed by atoms with Gasteiger partial charge in [0.25, 0.3) is 0 Å². The zero-order chi connectivity index (χ0) is 12.1. The highest BCUT2D eigenvalue weighted by molar-refractivity contribution is 5.56. The summed E-state index contributed by atoms with van der Waals surface area (Å²) in [6, 6.07) is 3.71. The van der Waals surface area contributed by atoms with Gasteiger partial charge in [-0.1, -0.05) is 5.21 Å². The molecule has 2 N–H and O–H groups in total. The van der Waals surface area contributed by atoms with Gasteiger partial charge in [-0.05, 0) is 19.0 Å². The SMILES string of the molecule is COc1ccc(-c2cn(CCCN)nn2)cn1. The molecule has 2 rings (SSSR count). The maximum atomic E-state index is 5.44. The molecule has 0 saturated carbocycles. The Balaban J connectivity index is 2.12. The number of aromatic nitrogens is 4. The molecule has 2 heterocycles.